The van der Waals surface area contributed by atoms with Gasteiger partial charge in [-0.25, -0.2) is 5.14 Å². The molecule has 0 aromatic rings. The van der Waals surface area contributed by atoms with Gasteiger partial charge in [0.15, 0.2) is 0 Å². The first-order valence-electron chi connectivity index (χ1n) is 4.26. The molecule has 0 aliphatic rings. The third-order valence-corrected chi connectivity index (χ3v) is 2.75. The van der Waals surface area contributed by atoms with E-state index in [4.69, 9.17) is 10.8 Å². The molecule has 5 N–H and O–H groups in total. The first kappa shape index (κ1) is 16.1. The van der Waals surface area contributed by atoms with Crippen LogP contribution >= 0.6 is 0 Å². The number of carboxylic acid groups (broad SMARTS) is 1. The SMILES string of the molecule is N[C@@H](CCN(CC(F)(F)F)S(N)(=O)=O)C(=O)O. The number of aliphatic carboxylic acids is 1. The van der Waals surface area contributed by atoms with Crippen molar-refractivity contribution >= 4 is 16.2 Å². The molecule has 0 aromatic heterocycles. The van der Waals surface area contributed by atoms with Gasteiger partial charge in [-0.3, -0.25) is 4.79 Å². The number of hydrogen-bond acceptors (Lipinski definition) is 4. The van der Waals surface area contributed by atoms with Crippen molar-refractivity contribution < 1.29 is 31.5 Å². The molecule has 0 radical (unpaired) electrons. The van der Waals surface area contributed by atoms with Crippen LogP contribution in [0.4, 0.5) is 13.2 Å². The zero-order chi connectivity index (χ0) is 13.9. The van der Waals surface area contributed by atoms with Crippen LogP contribution in [0.15, 0.2) is 0 Å². The number of nitrogens with two attached hydrogens (primary N) is 2. The molecule has 0 amide bonds. The Morgan fingerprint density at radius 3 is 2.18 bits per heavy atom. The van der Waals surface area contributed by atoms with Gasteiger partial charge in [-0.05, 0) is 6.42 Å². The molecule has 11 heteroatoms. The maximum atomic E-state index is 12.0. The average molecular weight is 279 g/mol. The second kappa shape index (κ2) is 5.62. The zero-order valence-electron chi connectivity index (χ0n) is 8.51. The highest BCUT2D eigenvalue weighted by atomic mass is 32.2. The van der Waals surface area contributed by atoms with E-state index in [1.54, 1.807) is 0 Å². The molecule has 102 valence electrons. The monoisotopic (exact) mass is 279 g/mol. The molecule has 0 fully saturated rings. The van der Waals surface area contributed by atoms with E-state index in [1.165, 1.54) is 0 Å². The lowest BCUT2D eigenvalue weighted by Crippen LogP contribution is -2.45. The lowest BCUT2D eigenvalue weighted by atomic mass is 10.2. The molecular formula is C6H12F3N3O4S. The van der Waals surface area contributed by atoms with Crippen LogP contribution in [0.3, 0.4) is 0 Å². The molecule has 0 bridgehead atoms. The van der Waals surface area contributed by atoms with Crippen LogP contribution in [-0.2, 0) is 15.0 Å². The highest BCUT2D eigenvalue weighted by molar-refractivity contribution is 7.86. The van der Waals surface area contributed by atoms with Gasteiger partial charge in [0.05, 0.1) is 0 Å². The van der Waals surface area contributed by atoms with E-state index in [1.807, 2.05) is 0 Å². The van der Waals surface area contributed by atoms with Gasteiger partial charge in [0.25, 0.3) is 10.2 Å². The normalized spacial score (nSPS) is 14.9. The summed E-state index contributed by atoms with van der Waals surface area (Å²) in [5.74, 6) is -1.44. The van der Waals surface area contributed by atoms with Gasteiger partial charge in [-0.2, -0.15) is 25.9 Å². The number of halogens is 3. The quantitative estimate of drug-likeness (QED) is 0.566. The highest BCUT2D eigenvalue weighted by Crippen LogP contribution is 2.17. The predicted octanol–water partition coefficient (Wildman–Crippen LogP) is -1.14. The average Bonchev–Trinajstić information content (AvgIpc) is 2.07. The van der Waals surface area contributed by atoms with Crippen molar-refractivity contribution in [3.05, 3.63) is 0 Å². The molecule has 0 aliphatic carbocycles. The first-order chi connectivity index (χ1) is 7.43. The molecule has 0 aromatic carbocycles. The molecule has 0 saturated heterocycles. The van der Waals surface area contributed by atoms with Crippen LogP contribution < -0.4 is 10.9 Å². The number of alkyl halides is 3. The molecule has 1 atom stereocenters. The third-order valence-electron chi connectivity index (χ3n) is 1.72. The topological polar surface area (TPSA) is 127 Å². The minimum atomic E-state index is -4.76. The number of carbonyl (C=O) groups is 1. The van der Waals surface area contributed by atoms with Gasteiger partial charge >= 0.3 is 12.1 Å². The number of hydrogen-bond donors (Lipinski definition) is 3. The predicted molar refractivity (Wildman–Crippen MR) is 51.0 cm³/mol. The second-order valence-corrected chi connectivity index (χ2v) is 4.77. The van der Waals surface area contributed by atoms with Gasteiger partial charge in [0, 0.05) is 6.54 Å². The lowest BCUT2D eigenvalue weighted by Gasteiger charge is -2.21. The van der Waals surface area contributed by atoms with Gasteiger partial charge in [-0.1, -0.05) is 0 Å². The summed E-state index contributed by atoms with van der Waals surface area (Å²) in [4.78, 5) is 10.3. The summed E-state index contributed by atoms with van der Waals surface area (Å²) in [6.07, 6.45) is -5.23. The Hall–Kier alpha value is -0.910. The van der Waals surface area contributed by atoms with E-state index < -0.39 is 47.9 Å². The molecule has 0 aliphatic heterocycles. The Morgan fingerprint density at radius 2 is 1.88 bits per heavy atom. The Balaban J connectivity index is 4.59. The highest BCUT2D eigenvalue weighted by Gasteiger charge is 2.35. The van der Waals surface area contributed by atoms with E-state index >= 15 is 0 Å². The van der Waals surface area contributed by atoms with Crippen LogP contribution in [0.5, 0.6) is 0 Å². The lowest BCUT2D eigenvalue weighted by molar-refractivity contribution is -0.139. The van der Waals surface area contributed by atoms with E-state index in [0.717, 1.165) is 0 Å². The molecule has 0 unspecified atom stereocenters. The van der Waals surface area contributed by atoms with E-state index in [-0.39, 0.29) is 4.31 Å². The van der Waals surface area contributed by atoms with Crippen LogP contribution in [0.2, 0.25) is 0 Å². The Bertz CT molecular complexity index is 369. The second-order valence-electron chi connectivity index (χ2n) is 3.23. The Morgan fingerprint density at radius 1 is 1.41 bits per heavy atom. The minimum Gasteiger partial charge on any atom is -0.480 e. The van der Waals surface area contributed by atoms with E-state index in [9.17, 15) is 26.4 Å². The van der Waals surface area contributed by atoms with E-state index in [2.05, 4.69) is 5.14 Å². The van der Waals surface area contributed by atoms with Gasteiger partial charge < -0.3 is 10.8 Å². The van der Waals surface area contributed by atoms with Crippen molar-refractivity contribution in [3.8, 4) is 0 Å². The molecule has 7 nitrogen and oxygen atoms in total. The standard InChI is InChI=1S/C6H12F3N3O4S/c7-6(8,9)3-12(17(11,15)16)2-1-4(10)5(13)14/h4H,1-3,10H2,(H,13,14)(H2,11,15,16)/t4-/m0/s1. The van der Waals surface area contributed by atoms with Crippen molar-refractivity contribution in [2.45, 2.75) is 18.6 Å². The van der Waals surface area contributed by atoms with Crippen LogP contribution in [-0.4, -0.2) is 49.1 Å². The fraction of sp³-hybridized carbons (Fsp3) is 0.833. The molecule has 0 heterocycles. The fourth-order valence-corrected chi connectivity index (χ4v) is 1.59. The Labute approximate surface area is 95.4 Å². The Kier molecular flexibility index (Phi) is 5.32. The maximum absolute atomic E-state index is 12.0. The summed E-state index contributed by atoms with van der Waals surface area (Å²) in [5.41, 5.74) is 5.03. The smallest absolute Gasteiger partial charge is 0.402 e. The summed E-state index contributed by atoms with van der Waals surface area (Å²) in [6, 6.07) is -1.45. The zero-order valence-corrected chi connectivity index (χ0v) is 9.33. The summed E-state index contributed by atoms with van der Waals surface area (Å²) in [6.45, 7) is -2.50. The van der Waals surface area contributed by atoms with Gasteiger partial charge in [-0.15, -0.1) is 0 Å². The van der Waals surface area contributed by atoms with Crippen molar-refractivity contribution in [3.63, 3.8) is 0 Å². The van der Waals surface area contributed by atoms with Crippen LogP contribution in [0.25, 0.3) is 0 Å². The number of carboxylic acids is 1. The minimum absolute atomic E-state index is 0.0736. The van der Waals surface area contributed by atoms with Crippen molar-refractivity contribution in [2.75, 3.05) is 13.1 Å². The molecular weight excluding hydrogens is 267 g/mol. The molecule has 0 spiro atoms. The van der Waals surface area contributed by atoms with Gasteiger partial charge in [0.1, 0.15) is 12.6 Å². The molecule has 17 heavy (non-hydrogen) atoms. The number of rotatable bonds is 6. The molecule has 0 rings (SSSR count). The summed E-state index contributed by atoms with van der Waals surface area (Å²) in [7, 11) is -4.55. The van der Waals surface area contributed by atoms with Crippen molar-refractivity contribution in [2.24, 2.45) is 10.9 Å². The van der Waals surface area contributed by atoms with E-state index in [0.29, 0.717) is 0 Å². The fourth-order valence-electron chi connectivity index (χ4n) is 0.903. The van der Waals surface area contributed by atoms with Gasteiger partial charge in [0.2, 0.25) is 0 Å². The van der Waals surface area contributed by atoms with Crippen LogP contribution in [0, 0.1) is 0 Å². The third kappa shape index (κ3) is 7.10. The maximum Gasteiger partial charge on any atom is 0.402 e. The number of nitrogens with zero attached hydrogens (tertiary/aromatic N) is 1. The summed E-state index contributed by atoms with van der Waals surface area (Å²) < 4.78 is 57.6. The van der Waals surface area contributed by atoms with Crippen LogP contribution in [0.1, 0.15) is 6.42 Å². The summed E-state index contributed by atoms with van der Waals surface area (Å²) >= 11 is 0. The molecule has 0 saturated carbocycles. The van der Waals surface area contributed by atoms with Crippen molar-refractivity contribution in [1.82, 2.24) is 4.31 Å². The first-order valence-corrected chi connectivity index (χ1v) is 5.77. The van der Waals surface area contributed by atoms with Crippen molar-refractivity contribution in [1.29, 1.82) is 0 Å². The largest absolute Gasteiger partial charge is 0.480 e. The summed E-state index contributed by atoms with van der Waals surface area (Å²) in [5, 5.41) is 12.9.